The van der Waals surface area contributed by atoms with Gasteiger partial charge in [0.1, 0.15) is 5.82 Å². The number of hydrogen-bond acceptors (Lipinski definition) is 1. The maximum Gasteiger partial charge on any atom is 0.129 e. The molecule has 0 saturated carbocycles. The molecule has 0 spiro atoms. The lowest BCUT2D eigenvalue weighted by Gasteiger charge is -2.05. The highest BCUT2D eigenvalue weighted by Crippen LogP contribution is 2.18. The Bertz CT molecular complexity index is 706. The van der Waals surface area contributed by atoms with Gasteiger partial charge in [0.2, 0.25) is 0 Å². The minimum Gasteiger partial charge on any atom is -0.260 e. The van der Waals surface area contributed by atoms with Gasteiger partial charge >= 0.3 is 0 Å². The zero-order valence-corrected chi connectivity index (χ0v) is 11.1. The average molecular weight is 305 g/mol. The van der Waals surface area contributed by atoms with Gasteiger partial charge in [0.05, 0.1) is 18.3 Å². The van der Waals surface area contributed by atoms with Gasteiger partial charge in [-0.3, -0.25) is 4.68 Å². The predicted molar refractivity (Wildman–Crippen MR) is 72.9 cm³/mol. The van der Waals surface area contributed by atoms with Gasteiger partial charge in [0.15, 0.2) is 0 Å². The normalized spacial score (nSPS) is 11.0. The number of benzene rings is 2. The molecular formula is C14H10BrFN2. The SMILES string of the molecule is Fc1cc(Br)ccc1Cn1ncc2ccccc21. The minimum absolute atomic E-state index is 0.219. The lowest BCUT2D eigenvalue weighted by atomic mass is 10.2. The summed E-state index contributed by atoms with van der Waals surface area (Å²) in [5, 5.41) is 5.36. The van der Waals surface area contributed by atoms with Gasteiger partial charge in [-0.15, -0.1) is 0 Å². The lowest BCUT2D eigenvalue weighted by molar-refractivity contribution is 0.589. The van der Waals surface area contributed by atoms with Gasteiger partial charge in [-0.05, 0) is 18.2 Å². The summed E-state index contributed by atoms with van der Waals surface area (Å²) >= 11 is 3.25. The molecule has 0 radical (unpaired) electrons. The second-order valence-electron chi connectivity index (χ2n) is 4.10. The van der Waals surface area contributed by atoms with Crippen molar-refractivity contribution in [1.82, 2.24) is 9.78 Å². The highest BCUT2D eigenvalue weighted by Gasteiger charge is 2.06. The molecule has 0 fully saturated rings. The maximum absolute atomic E-state index is 13.8. The Hall–Kier alpha value is -1.68. The highest BCUT2D eigenvalue weighted by molar-refractivity contribution is 9.10. The monoisotopic (exact) mass is 304 g/mol. The van der Waals surface area contributed by atoms with Gasteiger partial charge in [0.25, 0.3) is 0 Å². The van der Waals surface area contributed by atoms with Crippen LogP contribution in [0.4, 0.5) is 4.39 Å². The van der Waals surface area contributed by atoms with E-state index < -0.39 is 0 Å². The molecule has 0 aliphatic heterocycles. The van der Waals surface area contributed by atoms with Crippen molar-refractivity contribution in [1.29, 1.82) is 0 Å². The Morgan fingerprint density at radius 3 is 2.83 bits per heavy atom. The molecule has 2 aromatic carbocycles. The third-order valence-electron chi connectivity index (χ3n) is 2.89. The second-order valence-corrected chi connectivity index (χ2v) is 5.01. The summed E-state index contributed by atoms with van der Waals surface area (Å²) < 4.78 is 16.3. The van der Waals surface area contributed by atoms with Crippen molar-refractivity contribution in [2.24, 2.45) is 0 Å². The van der Waals surface area contributed by atoms with Crippen molar-refractivity contribution in [2.45, 2.75) is 6.54 Å². The van der Waals surface area contributed by atoms with Crippen LogP contribution in [-0.4, -0.2) is 9.78 Å². The summed E-state index contributed by atoms with van der Waals surface area (Å²) in [5.74, 6) is -0.219. The smallest absolute Gasteiger partial charge is 0.129 e. The summed E-state index contributed by atoms with van der Waals surface area (Å²) in [6, 6.07) is 13.0. The zero-order chi connectivity index (χ0) is 12.5. The minimum atomic E-state index is -0.219. The Morgan fingerprint density at radius 1 is 1.17 bits per heavy atom. The molecule has 4 heteroatoms. The van der Waals surface area contributed by atoms with Crippen LogP contribution in [0, 0.1) is 5.82 Å². The van der Waals surface area contributed by atoms with E-state index in [2.05, 4.69) is 21.0 Å². The van der Waals surface area contributed by atoms with E-state index in [0.717, 1.165) is 15.4 Å². The van der Waals surface area contributed by atoms with Crippen molar-refractivity contribution >= 4 is 26.8 Å². The average Bonchev–Trinajstić information content (AvgIpc) is 2.76. The van der Waals surface area contributed by atoms with Crippen LogP contribution >= 0.6 is 15.9 Å². The predicted octanol–water partition coefficient (Wildman–Crippen LogP) is 3.99. The number of hydrogen-bond donors (Lipinski definition) is 0. The van der Waals surface area contributed by atoms with E-state index >= 15 is 0 Å². The van der Waals surface area contributed by atoms with Crippen LogP contribution in [0.2, 0.25) is 0 Å². The van der Waals surface area contributed by atoms with Crippen molar-refractivity contribution < 1.29 is 4.39 Å². The number of fused-ring (bicyclic) bond motifs is 1. The molecule has 18 heavy (non-hydrogen) atoms. The number of aromatic nitrogens is 2. The highest BCUT2D eigenvalue weighted by atomic mass is 79.9. The molecule has 1 aromatic heterocycles. The third-order valence-corrected chi connectivity index (χ3v) is 3.38. The third kappa shape index (κ3) is 2.04. The fourth-order valence-corrected chi connectivity index (χ4v) is 2.30. The standard InChI is InChI=1S/C14H10BrFN2/c15-12-6-5-11(13(16)7-12)9-18-14-4-2-1-3-10(14)8-17-18/h1-8H,9H2. The second kappa shape index (κ2) is 4.53. The quantitative estimate of drug-likeness (QED) is 0.700. The molecule has 3 aromatic rings. The maximum atomic E-state index is 13.8. The van der Waals surface area contributed by atoms with Gasteiger partial charge in [-0.25, -0.2) is 4.39 Å². The van der Waals surface area contributed by atoms with Gasteiger partial charge < -0.3 is 0 Å². The molecular weight excluding hydrogens is 295 g/mol. The van der Waals surface area contributed by atoms with Crippen molar-refractivity contribution in [3.63, 3.8) is 0 Å². The Balaban J connectivity index is 2.01. The number of nitrogens with zero attached hydrogens (tertiary/aromatic N) is 2. The molecule has 0 amide bonds. The Morgan fingerprint density at radius 2 is 2.00 bits per heavy atom. The van der Waals surface area contributed by atoms with E-state index in [-0.39, 0.29) is 5.82 Å². The molecule has 0 N–H and O–H groups in total. The molecule has 0 saturated heterocycles. The van der Waals surface area contributed by atoms with Crippen LogP contribution in [0.5, 0.6) is 0 Å². The van der Waals surface area contributed by atoms with E-state index in [1.165, 1.54) is 6.07 Å². The van der Waals surface area contributed by atoms with E-state index in [0.29, 0.717) is 12.1 Å². The van der Waals surface area contributed by atoms with Gasteiger partial charge in [-0.2, -0.15) is 5.10 Å². The molecule has 1 heterocycles. The summed E-state index contributed by atoms with van der Waals surface area (Å²) in [5.41, 5.74) is 1.65. The lowest BCUT2D eigenvalue weighted by Crippen LogP contribution is -2.03. The van der Waals surface area contributed by atoms with Gasteiger partial charge in [0, 0.05) is 15.4 Å². The summed E-state index contributed by atoms with van der Waals surface area (Å²) in [6.45, 7) is 0.437. The molecule has 0 unspecified atom stereocenters. The number of para-hydroxylation sites is 1. The van der Waals surface area contributed by atoms with Crippen LogP contribution in [0.1, 0.15) is 5.56 Å². The molecule has 2 nitrogen and oxygen atoms in total. The number of rotatable bonds is 2. The largest absolute Gasteiger partial charge is 0.260 e. The fourth-order valence-electron chi connectivity index (χ4n) is 1.96. The van der Waals surface area contributed by atoms with E-state index in [1.807, 2.05) is 35.0 Å². The van der Waals surface area contributed by atoms with Gasteiger partial charge in [-0.1, -0.05) is 40.2 Å². The van der Waals surface area contributed by atoms with E-state index in [9.17, 15) is 4.39 Å². The molecule has 3 rings (SSSR count). The molecule has 0 atom stereocenters. The van der Waals surface area contributed by atoms with E-state index in [1.54, 1.807) is 12.3 Å². The summed E-state index contributed by atoms with van der Waals surface area (Å²) in [7, 11) is 0. The van der Waals surface area contributed by atoms with Crippen molar-refractivity contribution in [2.75, 3.05) is 0 Å². The molecule has 90 valence electrons. The van der Waals surface area contributed by atoms with Crippen LogP contribution in [0.25, 0.3) is 10.9 Å². The van der Waals surface area contributed by atoms with Crippen LogP contribution in [0.15, 0.2) is 53.1 Å². The molecule has 0 aliphatic rings. The molecule has 0 bridgehead atoms. The van der Waals surface area contributed by atoms with Crippen LogP contribution in [-0.2, 0) is 6.54 Å². The zero-order valence-electron chi connectivity index (χ0n) is 9.48. The van der Waals surface area contributed by atoms with Crippen LogP contribution < -0.4 is 0 Å². The van der Waals surface area contributed by atoms with Crippen molar-refractivity contribution in [3.05, 3.63) is 64.5 Å². The molecule has 0 aliphatic carbocycles. The summed E-state index contributed by atoms with van der Waals surface area (Å²) in [6.07, 6.45) is 1.80. The first kappa shape index (κ1) is 11.4. The first-order chi connectivity index (χ1) is 8.74. The number of halogens is 2. The first-order valence-electron chi connectivity index (χ1n) is 5.58. The van der Waals surface area contributed by atoms with Crippen LogP contribution in [0.3, 0.4) is 0 Å². The van der Waals surface area contributed by atoms with Crippen molar-refractivity contribution in [3.8, 4) is 0 Å². The topological polar surface area (TPSA) is 17.8 Å². The Labute approximate surface area is 112 Å². The fraction of sp³-hybridized carbons (Fsp3) is 0.0714. The summed E-state index contributed by atoms with van der Waals surface area (Å²) in [4.78, 5) is 0. The van der Waals surface area contributed by atoms with E-state index in [4.69, 9.17) is 0 Å². The Kier molecular flexibility index (Phi) is 2.88. The first-order valence-corrected chi connectivity index (χ1v) is 6.38.